The molecular formula is C19H13F3N4O5. The minimum absolute atomic E-state index is 0.160. The third-order valence-electron chi connectivity index (χ3n) is 4.80. The minimum atomic E-state index is -5.41. The lowest BCUT2D eigenvalue weighted by atomic mass is 9.91. The summed E-state index contributed by atoms with van der Waals surface area (Å²) >= 11 is 0. The van der Waals surface area contributed by atoms with E-state index in [1.165, 1.54) is 42.7 Å². The van der Waals surface area contributed by atoms with Crippen molar-refractivity contribution in [1.29, 1.82) is 0 Å². The highest BCUT2D eigenvalue weighted by molar-refractivity contribution is 6.09. The lowest BCUT2D eigenvalue weighted by Crippen LogP contribution is -2.62. The van der Waals surface area contributed by atoms with E-state index < -0.39 is 46.2 Å². The first-order valence-corrected chi connectivity index (χ1v) is 8.81. The Labute approximate surface area is 170 Å². The standard InChI is InChI=1S/C19H13F3N4O5/c20-19(21,22)18(25-14(27)10-5-2-1-3-6-10)12-13(23-16(18)29)26(17(30)24-15(12)28)9-11-7-4-8-31-11/h1-8H,9H2,(H,23,29)(H,25,27)(H,24,28,30). The lowest BCUT2D eigenvalue weighted by molar-refractivity contribution is -0.196. The van der Waals surface area contributed by atoms with Gasteiger partial charge >= 0.3 is 11.9 Å². The summed E-state index contributed by atoms with van der Waals surface area (Å²) < 4.78 is 48.6. The zero-order valence-corrected chi connectivity index (χ0v) is 15.4. The number of carbonyl (C=O) groups is 2. The van der Waals surface area contributed by atoms with Crippen LogP contribution in [0, 0.1) is 0 Å². The summed E-state index contributed by atoms with van der Waals surface area (Å²) in [5.74, 6) is -3.45. The molecule has 2 aromatic heterocycles. The first-order valence-electron chi connectivity index (χ1n) is 8.81. The van der Waals surface area contributed by atoms with E-state index in [-0.39, 0.29) is 17.9 Å². The highest BCUT2D eigenvalue weighted by Gasteiger charge is 2.68. The molecule has 12 heteroatoms. The van der Waals surface area contributed by atoms with Crippen molar-refractivity contribution < 1.29 is 27.2 Å². The predicted octanol–water partition coefficient (Wildman–Crippen LogP) is 1.32. The Hall–Kier alpha value is -4.09. The van der Waals surface area contributed by atoms with Crippen molar-refractivity contribution >= 4 is 17.6 Å². The largest absolute Gasteiger partial charge is 0.467 e. The zero-order valence-electron chi connectivity index (χ0n) is 15.4. The number of nitrogens with zero attached hydrogens (tertiary/aromatic N) is 1. The van der Waals surface area contributed by atoms with E-state index in [2.05, 4.69) is 0 Å². The summed E-state index contributed by atoms with van der Waals surface area (Å²) in [5, 5.41) is 3.61. The van der Waals surface area contributed by atoms with Gasteiger partial charge in [0.15, 0.2) is 0 Å². The normalized spacial score (nSPS) is 17.8. The fourth-order valence-corrected chi connectivity index (χ4v) is 3.37. The number of halogens is 3. The summed E-state index contributed by atoms with van der Waals surface area (Å²) in [6.07, 6.45) is -4.13. The van der Waals surface area contributed by atoms with Crippen LogP contribution >= 0.6 is 0 Å². The summed E-state index contributed by atoms with van der Waals surface area (Å²) in [5.41, 5.74) is -7.53. The maximum Gasteiger partial charge on any atom is 0.425 e. The molecule has 0 radical (unpaired) electrons. The van der Waals surface area contributed by atoms with Gasteiger partial charge in [0.05, 0.1) is 12.8 Å². The third-order valence-corrected chi connectivity index (χ3v) is 4.80. The van der Waals surface area contributed by atoms with Crippen LogP contribution in [0.1, 0.15) is 21.7 Å². The number of amides is 2. The lowest BCUT2D eigenvalue weighted by Gasteiger charge is -2.30. The Balaban J connectivity index is 1.92. The average molecular weight is 434 g/mol. The molecule has 0 aliphatic carbocycles. The highest BCUT2D eigenvalue weighted by atomic mass is 19.4. The van der Waals surface area contributed by atoms with Crippen LogP contribution in [0.5, 0.6) is 0 Å². The van der Waals surface area contributed by atoms with E-state index in [0.29, 0.717) is 0 Å². The Morgan fingerprint density at radius 2 is 1.81 bits per heavy atom. The van der Waals surface area contributed by atoms with Gasteiger partial charge in [-0.2, -0.15) is 13.2 Å². The molecule has 3 heterocycles. The molecule has 0 fully saturated rings. The predicted molar refractivity (Wildman–Crippen MR) is 99.4 cm³/mol. The average Bonchev–Trinajstić information content (AvgIpc) is 3.32. The maximum absolute atomic E-state index is 14.3. The second kappa shape index (κ2) is 7.00. The van der Waals surface area contributed by atoms with E-state index in [0.717, 1.165) is 4.57 Å². The number of rotatable bonds is 4. The molecule has 4 rings (SSSR count). The van der Waals surface area contributed by atoms with E-state index in [9.17, 15) is 32.3 Å². The van der Waals surface area contributed by atoms with Crippen LogP contribution in [0.4, 0.5) is 19.0 Å². The molecule has 0 spiro atoms. The molecule has 3 aromatic rings. The van der Waals surface area contributed by atoms with Gasteiger partial charge in [-0.3, -0.25) is 23.9 Å². The fraction of sp³-hybridized carbons (Fsp3) is 0.158. The SMILES string of the molecule is O=C(NC1(C(F)(F)F)C(=O)Nc2c1c(=O)[nH]c(=O)n2Cc1ccco1)c1ccccc1. The van der Waals surface area contributed by atoms with Gasteiger partial charge in [-0.05, 0) is 24.3 Å². The smallest absolute Gasteiger partial charge is 0.425 e. The van der Waals surface area contributed by atoms with Crippen molar-refractivity contribution in [2.75, 3.05) is 5.32 Å². The summed E-state index contributed by atoms with van der Waals surface area (Å²) in [7, 11) is 0. The molecule has 1 aromatic carbocycles. The van der Waals surface area contributed by atoms with Gasteiger partial charge in [0.1, 0.15) is 17.1 Å². The van der Waals surface area contributed by atoms with Crippen molar-refractivity contribution in [3.63, 3.8) is 0 Å². The summed E-state index contributed by atoms with van der Waals surface area (Å²) in [4.78, 5) is 51.7. The second-order valence-corrected chi connectivity index (χ2v) is 6.67. The van der Waals surface area contributed by atoms with Crippen LogP contribution in [0.2, 0.25) is 0 Å². The van der Waals surface area contributed by atoms with Crippen molar-refractivity contribution in [3.05, 3.63) is 86.5 Å². The molecule has 1 aliphatic heterocycles. The molecular weight excluding hydrogens is 421 g/mol. The first kappa shape index (κ1) is 20.2. The molecule has 1 atom stereocenters. The molecule has 160 valence electrons. The third kappa shape index (κ3) is 3.12. The van der Waals surface area contributed by atoms with Crippen LogP contribution in [0.15, 0.2) is 62.7 Å². The van der Waals surface area contributed by atoms with Crippen LogP contribution < -0.4 is 21.9 Å². The first-order chi connectivity index (χ1) is 14.6. The molecule has 0 bridgehead atoms. The van der Waals surface area contributed by atoms with Crippen molar-refractivity contribution in [2.45, 2.75) is 18.3 Å². The number of aromatic amines is 1. The van der Waals surface area contributed by atoms with E-state index in [4.69, 9.17) is 4.42 Å². The van der Waals surface area contributed by atoms with E-state index >= 15 is 0 Å². The number of alkyl halides is 3. The molecule has 1 aliphatic rings. The van der Waals surface area contributed by atoms with Gasteiger partial charge in [0.25, 0.3) is 22.9 Å². The summed E-state index contributed by atoms with van der Waals surface area (Å²) in [6, 6.07) is 9.83. The minimum Gasteiger partial charge on any atom is -0.467 e. The number of aromatic nitrogens is 2. The molecule has 1 unspecified atom stereocenters. The number of carbonyl (C=O) groups excluding carboxylic acids is 2. The van der Waals surface area contributed by atoms with Gasteiger partial charge in [-0.1, -0.05) is 18.2 Å². The molecule has 9 nitrogen and oxygen atoms in total. The molecule has 3 N–H and O–H groups in total. The van der Waals surface area contributed by atoms with E-state index in [1.54, 1.807) is 16.4 Å². The maximum atomic E-state index is 14.3. The quantitative estimate of drug-likeness (QED) is 0.571. The Kier molecular flexibility index (Phi) is 4.56. The monoisotopic (exact) mass is 434 g/mol. The second-order valence-electron chi connectivity index (χ2n) is 6.67. The van der Waals surface area contributed by atoms with Gasteiger partial charge < -0.3 is 15.1 Å². The topological polar surface area (TPSA) is 126 Å². The highest BCUT2D eigenvalue weighted by Crippen LogP contribution is 2.45. The van der Waals surface area contributed by atoms with Crippen LogP contribution in [0.3, 0.4) is 0 Å². The molecule has 2 amide bonds. The number of fused-ring (bicyclic) bond motifs is 1. The van der Waals surface area contributed by atoms with Gasteiger partial charge in [0, 0.05) is 5.56 Å². The van der Waals surface area contributed by atoms with Gasteiger partial charge in [-0.15, -0.1) is 0 Å². The van der Waals surface area contributed by atoms with Gasteiger partial charge in [-0.25, -0.2) is 4.79 Å². The van der Waals surface area contributed by atoms with Crippen LogP contribution in [-0.2, 0) is 16.9 Å². The summed E-state index contributed by atoms with van der Waals surface area (Å²) in [6.45, 7) is -0.369. The number of H-pyrrole nitrogens is 1. The fourth-order valence-electron chi connectivity index (χ4n) is 3.37. The van der Waals surface area contributed by atoms with Crippen LogP contribution in [0.25, 0.3) is 0 Å². The Morgan fingerprint density at radius 3 is 2.42 bits per heavy atom. The molecule has 0 saturated carbocycles. The number of anilines is 1. The van der Waals surface area contributed by atoms with Crippen molar-refractivity contribution in [1.82, 2.24) is 14.9 Å². The number of hydrogen-bond acceptors (Lipinski definition) is 5. The Bertz CT molecular complexity index is 1280. The molecule has 31 heavy (non-hydrogen) atoms. The van der Waals surface area contributed by atoms with Crippen molar-refractivity contribution in [3.8, 4) is 0 Å². The van der Waals surface area contributed by atoms with Crippen molar-refractivity contribution in [2.24, 2.45) is 0 Å². The zero-order chi connectivity index (χ0) is 22.4. The van der Waals surface area contributed by atoms with E-state index in [1.807, 2.05) is 5.32 Å². The Morgan fingerprint density at radius 1 is 1.10 bits per heavy atom. The number of hydrogen-bond donors (Lipinski definition) is 3. The number of benzene rings is 1. The van der Waals surface area contributed by atoms with Gasteiger partial charge in [0.2, 0.25) is 0 Å². The van der Waals surface area contributed by atoms with Crippen LogP contribution in [-0.4, -0.2) is 27.5 Å². The molecule has 0 saturated heterocycles. The number of nitrogens with one attached hydrogen (secondary N) is 3. The number of furan rings is 1.